The van der Waals surface area contributed by atoms with Crippen LogP contribution in [-0.4, -0.2) is 17.4 Å². The second-order valence-corrected chi connectivity index (χ2v) is 5.35. The zero-order chi connectivity index (χ0) is 12.1. The van der Waals surface area contributed by atoms with E-state index < -0.39 is 0 Å². The van der Waals surface area contributed by atoms with Gasteiger partial charge in [0.1, 0.15) is 0 Å². The molecule has 1 aromatic heterocycles. The van der Waals surface area contributed by atoms with Crippen molar-refractivity contribution in [3.05, 3.63) is 50.0 Å². The van der Waals surface area contributed by atoms with Crippen LogP contribution in [0.25, 0.3) is 0 Å². The maximum absolute atomic E-state index is 11.9. The first-order valence-corrected chi connectivity index (χ1v) is 7.19. The van der Waals surface area contributed by atoms with E-state index in [2.05, 4.69) is 32.9 Å². The van der Waals surface area contributed by atoms with Gasteiger partial charge in [0, 0.05) is 21.9 Å². The van der Waals surface area contributed by atoms with E-state index in [1.165, 1.54) is 0 Å². The predicted molar refractivity (Wildman–Crippen MR) is 77.3 cm³/mol. The molecular formula is C12H11IN2OS. The zero-order valence-electron chi connectivity index (χ0n) is 9.02. The summed E-state index contributed by atoms with van der Waals surface area (Å²) in [5.41, 5.74) is 3.56. The van der Waals surface area contributed by atoms with Crippen molar-refractivity contribution >= 4 is 39.8 Å². The molecule has 0 aliphatic heterocycles. The number of hydrogen-bond donors (Lipinski definition) is 1. The van der Waals surface area contributed by atoms with Gasteiger partial charge >= 0.3 is 0 Å². The van der Waals surface area contributed by atoms with Crippen LogP contribution in [0.2, 0.25) is 0 Å². The van der Waals surface area contributed by atoms with Crippen LogP contribution in [0, 0.1) is 3.57 Å². The van der Waals surface area contributed by atoms with Crippen LogP contribution in [0.15, 0.2) is 35.2 Å². The first-order chi connectivity index (χ1) is 8.27. The summed E-state index contributed by atoms with van der Waals surface area (Å²) >= 11 is 3.74. The largest absolute Gasteiger partial charge is 0.352 e. The van der Waals surface area contributed by atoms with Crippen LogP contribution in [-0.2, 0) is 6.42 Å². The fourth-order valence-electron chi connectivity index (χ4n) is 1.41. The van der Waals surface area contributed by atoms with Crippen molar-refractivity contribution in [2.24, 2.45) is 0 Å². The van der Waals surface area contributed by atoms with E-state index in [1.54, 1.807) is 16.8 Å². The summed E-state index contributed by atoms with van der Waals surface area (Å²) in [4.78, 5) is 16.0. The van der Waals surface area contributed by atoms with E-state index in [-0.39, 0.29) is 5.91 Å². The number of benzene rings is 1. The third-order valence-electron chi connectivity index (χ3n) is 2.27. The van der Waals surface area contributed by atoms with E-state index >= 15 is 0 Å². The van der Waals surface area contributed by atoms with Gasteiger partial charge in [-0.05, 0) is 34.7 Å². The first-order valence-electron chi connectivity index (χ1n) is 5.17. The Bertz CT molecular complexity index is 499. The Morgan fingerprint density at radius 2 is 2.24 bits per heavy atom. The van der Waals surface area contributed by atoms with Crippen molar-refractivity contribution in [3.63, 3.8) is 0 Å². The number of thiazole rings is 1. The minimum absolute atomic E-state index is 0.0229. The maximum Gasteiger partial charge on any atom is 0.252 e. The highest BCUT2D eigenvalue weighted by Gasteiger charge is 2.08. The summed E-state index contributed by atoms with van der Waals surface area (Å²) in [7, 11) is 0. The summed E-state index contributed by atoms with van der Waals surface area (Å²) in [6.07, 6.45) is 0.776. The number of rotatable bonds is 4. The van der Waals surface area contributed by atoms with E-state index in [4.69, 9.17) is 0 Å². The van der Waals surface area contributed by atoms with Crippen molar-refractivity contribution in [2.75, 3.05) is 6.54 Å². The van der Waals surface area contributed by atoms with E-state index in [9.17, 15) is 4.79 Å². The highest BCUT2D eigenvalue weighted by molar-refractivity contribution is 14.1. The number of amides is 1. The summed E-state index contributed by atoms with van der Waals surface area (Å²) in [5, 5.41) is 4.90. The third-order valence-corrected chi connectivity index (χ3v) is 3.84. The van der Waals surface area contributed by atoms with Crippen molar-refractivity contribution in [2.45, 2.75) is 6.42 Å². The molecule has 2 rings (SSSR count). The second kappa shape index (κ2) is 6.11. The molecule has 0 unspecified atom stereocenters. The molecule has 0 aliphatic carbocycles. The molecule has 0 radical (unpaired) electrons. The van der Waals surface area contributed by atoms with Gasteiger partial charge in [-0.25, -0.2) is 4.98 Å². The molecular weight excluding hydrogens is 347 g/mol. The molecule has 2 aromatic rings. The minimum atomic E-state index is -0.0229. The molecule has 1 heterocycles. The number of nitrogens with one attached hydrogen (secondary N) is 1. The lowest BCUT2D eigenvalue weighted by atomic mass is 10.2. The lowest BCUT2D eigenvalue weighted by Crippen LogP contribution is -2.26. The molecule has 1 N–H and O–H groups in total. The Morgan fingerprint density at radius 3 is 2.94 bits per heavy atom. The molecule has 0 bridgehead atoms. The SMILES string of the molecule is O=C(NCCc1cscn1)c1ccccc1I. The van der Waals surface area contributed by atoms with Gasteiger partial charge in [0.15, 0.2) is 0 Å². The van der Waals surface area contributed by atoms with E-state index in [1.807, 2.05) is 29.6 Å². The highest BCUT2D eigenvalue weighted by Crippen LogP contribution is 2.11. The molecule has 0 saturated carbocycles. The molecule has 17 heavy (non-hydrogen) atoms. The Balaban J connectivity index is 1.88. The number of nitrogens with zero attached hydrogens (tertiary/aromatic N) is 1. The molecule has 1 amide bonds. The molecule has 0 spiro atoms. The molecule has 0 fully saturated rings. The normalized spacial score (nSPS) is 10.2. The van der Waals surface area contributed by atoms with Gasteiger partial charge < -0.3 is 5.32 Å². The number of carbonyl (C=O) groups is 1. The van der Waals surface area contributed by atoms with Crippen molar-refractivity contribution in [1.29, 1.82) is 0 Å². The number of halogens is 1. The molecule has 5 heteroatoms. The molecule has 0 saturated heterocycles. The average Bonchev–Trinajstić information content (AvgIpc) is 2.82. The Hall–Kier alpha value is -0.950. The summed E-state index contributed by atoms with van der Waals surface area (Å²) in [6, 6.07) is 7.56. The fourth-order valence-corrected chi connectivity index (χ4v) is 2.63. The molecule has 88 valence electrons. The third kappa shape index (κ3) is 3.50. The van der Waals surface area contributed by atoms with Crippen molar-refractivity contribution < 1.29 is 4.79 Å². The highest BCUT2D eigenvalue weighted by atomic mass is 127. The van der Waals surface area contributed by atoms with Crippen LogP contribution in [0.4, 0.5) is 0 Å². The zero-order valence-corrected chi connectivity index (χ0v) is 12.0. The van der Waals surface area contributed by atoms with Gasteiger partial charge in [0.2, 0.25) is 0 Å². The molecule has 1 aromatic carbocycles. The monoisotopic (exact) mass is 358 g/mol. The lowest BCUT2D eigenvalue weighted by Gasteiger charge is -2.05. The average molecular weight is 358 g/mol. The number of carbonyl (C=O) groups excluding carboxylic acids is 1. The summed E-state index contributed by atoms with van der Waals surface area (Å²) < 4.78 is 0.969. The molecule has 0 atom stereocenters. The number of hydrogen-bond acceptors (Lipinski definition) is 3. The Labute approximate surface area is 117 Å². The van der Waals surface area contributed by atoms with Gasteiger partial charge in [0.25, 0.3) is 5.91 Å². The maximum atomic E-state index is 11.9. The van der Waals surface area contributed by atoms with Gasteiger partial charge in [-0.15, -0.1) is 11.3 Å². The summed E-state index contributed by atoms with van der Waals surface area (Å²) in [6.45, 7) is 0.619. The van der Waals surface area contributed by atoms with Gasteiger partial charge in [-0.1, -0.05) is 12.1 Å². The van der Waals surface area contributed by atoms with Crippen LogP contribution < -0.4 is 5.32 Å². The predicted octanol–water partition coefficient (Wildman–Crippen LogP) is 2.72. The van der Waals surface area contributed by atoms with Crippen molar-refractivity contribution in [3.8, 4) is 0 Å². The topological polar surface area (TPSA) is 42.0 Å². The molecule has 3 nitrogen and oxygen atoms in total. The Kier molecular flexibility index (Phi) is 4.49. The fraction of sp³-hybridized carbons (Fsp3) is 0.167. The van der Waals surface area contributed by atoms with Crippen LogP contribution >= 0.6 is 33.9 Å². The first kappa shape index (κ1) is 12.5. The van der Waals surface area contributed by atoms with Crippen molar-refractivity contribution in [1.82, 2.24) is 10.3 Å². The quantitative estimate of drug-likeness (QED) is 0.854. The number of aromatic nitrogens is 1. The van der Waals surface area contributed by atoms with Gasteiger partial charge in [-0.3, -0.25) is 4.79 Å². The standard InChI is InChI=1S/C12H11IN2OS/c13-11-4-2-1-3-10(11)12(16)14-6-5-9-7-17-8-15-9/h1-4,7-8H,5-6H2,(H,14,16). The molecule has 0 aliphatic rings. The van der Waals surface area contributed by atoms with Gasteiger partial charge in [-0.2, -0.15) is 0 Å². The smallest absolute Gasteiger partial charge is 0.252 e. The Morgan fingerprint density at radius 1 is 1.41 bits per heavy atom. The van der Waals surface area contributed by atoms with E-state index in [0.29, 0.717) is 6.54 Å². The van der Waals surface area contributed by atoms with Crippen LogP contribution in [0.3, 0.4) is 0 Å². The van der Waals surface area contributed by atoms with Crippen LogP contribution in [0.5, 0.6) is 0 Å². The lowest BCUT2D eigenvalue weighted by molar-refractivity contribution is 0.0953. The van der Waals surface area contributed by atoms with E-state index in [0.717, 1.165) is 21.2 Å². The van der Waals surface area contributed by atoms with Crippen LogP contribution in [0.1, 0.15) is 16.1 Å². The second-order valence-electron chi connectivity index (χ2n) is 3.47. The summed E-state index contributed by atoms with van der Waals surface area (Å²) in [5.74, 6) is -0.0229. The van der Waals surface area contributed by atoms with Gasteiger partial charge in [0.05, 0.1) is 16.8 Å². The minimum Gasteiger partial charge on any atom is -0.352 e.